The summed E-state index contributed by atoms with van der Waals surface area (Å²) in [4.78, 5) is 16.5. The van der Waals surface area contributed by atoms with E-state index in [1.807, 2.05) is 18.3 Å². The Kier molecular flexibility index (Phi) is 4.94. The smallest absolute Gasteiger partial charge is 0.306 e. The van der Waals surface area contributed by atoms with E-state index in [1.165, 1.54) is 37.8 Å². The van der Waals surface area contributed by atoms with E-state index in [0.717, 1.165) is 23.2 Å². The molecule has 3 nitrogen and oxygen atoms in total. The maximum atomic E-state index is 13.1. The molecule has 1 aromatic carbocycles. The average Bonchev–Trinajstić information content (AvgIpc) is 3.12. The number of carbonyl (C=O) groups is 1. The SMILES string of the molecule is O=C1C[C@@H]2[C@@H](/C=C/c3ccc(-c4ccc(F)cc4)cn3)[C@@H]3CCCC[C@H]3C[C@@H]2O1. The number of pyridine rings is 1. The van der Waals surface area contributed by atoms with Crippen LogP contribution in [0.2, 0.25) is 0 Å². The van der Waals surface area contributed by atoms with Crippen LogP contribution in [0.5, 0.6) is 0 Å². The number of ether oxygens (including phenoxy) is 1. The standard InChI is InChI=1S/C25H26FNO2/c26-19-8-5-16(6-9-19)18-7-10-20(27-15-18)11-12-22-21-4-2-1-3-17(21)13-24-23(22)14-25(28)29-24/h5-12,15,17,21-24H,1-4,13-14H2/b12-11+/t17-,21+,22-,23+,24-/m0/s1. The van der Waals surface area contributed by atoms with Gasteiger partial charge in [0.2, 0.25) is 0 Å². The summed E-state index contributed by atoms with van der Waals surface area (Å²) in [7, 11) is 0. The zero-order valence-electron chi connectivity index (χ0n) is 16.5. The van der Waals surface area contributed by atoms with Gasteiger partial charge in [-0.15, -0.1) is 0 Å². The molecular weight excluding hydrogens is 365 g/mol. The van der Waals surface area contributed by atoms with Crippen LogP contribution in [0.25, 0.3) is 17.2 Å². The van der Waals surface area contributed by atoms with Gasteiger partial charge in [0.05, 0.1) is 12.1 Å². The van der Waals surface area contributed by atoms with Crippen molar-refractivity contribution in [3.63, 3.8) is 0 Å². The maximum Gasteiger partial charge on any atom is 0.306 e. The van der Waals surface area contributed by atoms with Gasteiger partial charge < -0.3 is 4.74 Å². The van der Waals surface area contributed by atoms with Crippen molar-refractivity contribution in [3.05, 3.63) is 60.2 Å². The topological polar surface area (TPSA) is 39.2 Å². The van der Waals surface area contributed by atoms with Crippen LogP contribution in [0.1, 0.15) is 44.2 Å². The second-order valence-electron chi connectivity index (χ2n) is 8.76. The first-order valence-electron chi connectivity index (χ1n) is 10.8. The van der Waals surface area contributed by atoms with Crippen LogP contribution in [0, 0.1) is 29.5 Å². The molecule has 1 aliphatic heterocycles. The fraction of sp³-hybridized carbons (Fsp3) is 0.440. The lowest BCUT2D eigenvalue weighted by Gasteiger charge is -2.45. The van der Waals surface area contributed by atoms with Crippen LogP contribution < -0.4 is 0 Å². The van der Waals surface area contributed by atoms with Gasteiger partial charge in [-0.2, -0.15) is 0 Å². The normalized spacial score (nSPS) is 31.3. The molecule has 5 rings (SSSR count). The maximum absolute atomic E-state index is 13.1. The van der Waals surface area contributed by atoms with Gasteiger partial charge in [0, 0.05) is 17.7 Å². The molecule has 1 saturated heterocycles. The molecule has 2 heterocycles. The van der Waals surface area contributed by atoms with E-state index in [4.69, 9.17) is 4.74 Å². The number of carbonyl (C=O) groups excluding carboxylic acids is 1. The van der Waals surface area contributed by atoms with E-state index in [0.29, 0.717) is 30.1 Å². The summed E-state index contributed by atoms with van der Waals surface area (Å²) in [6, 6.07) is 10.5. The average molecular weight is 391 g/mol. The quantitative estimate of drug-likeness (QED) is 0.634. The molecule has 0 bridgehead atoms. The summed E-state index contributed by atoms with van der Waals surface area (Å²) in [6.07, 6.45) is 13.1. The van der Waals surface area contributed by atoms with Crippen LogP contribution >= 0.6 is 0 Å². The molecule has 29 heavy (non-hydrogen) atoms. The Morgan fingerprint density at radius 2 is 1.79 bits per heavy atom. The van der Waals surface area contributed by atoms with Crippen LogP contribution in [0.3, 0.4) is 0 Å². The van der Waals surface area contributed by atoms with Gasteiger partial charge in [-0.3, -0.25) is 9.78 Å². The largest absolute Gasteiger partial charge is 0.462 e. The van der Waals surface area contributed by atoms with Crippen LogP contribution in [0.15, 0.2) is 48.7 Å². The minimum atomic E-state index is -0.234. The first kappa shape index (κ1) is 18.5. The molecule has 0 N–H and O–H groups in total. The van der Waals surface area contributed by atoms with Crippen LogP contribution in [-0.4, -0.2) is 17.1 Å². The van der Waals surface area contributed by atoms with Gasteiger partial charge in [0.1, 0.15) is 11.9 Å². The number of esters is 1. The summed E-state index contributed by atoms with van der Waals surface area (Å²) in [5, 5.41) is 0. The van der Waals surface area contributed by atoms with Crippen molar-refractivity contribution < 1.29 is 13.9 Å². The van der Waals surface area contributed by atoms with E-state index < -0.39 is 0 Å². The van der Waals surface area contributed by atoms with Gasteiger partial charge >= 0.3 is 5.97 Å². The van der Waals surface area contributed by atoms with Gasteiger partial charge in [0.15, 0.2) is 0 Å². The number of benzene rings is 1. The summed E-state index contributed by atoms with van der Waals surface area (Å²) in [5.41, 5.74) is 2.84. The summed E-state index contributed by atoms with van der Waals surface area (Å²) >= 11 is 0. The number of hydrogen-bond donors (Lipinski definition) is 0. The van der Waals surface area contributed by atoms with Gasteiger partial charge in [0.25, 0.3) is 0 Å². The van der Waals surface area contributed by atoms with Crippen molar-refractivity contribution in [2.75, 3.05) is 0 Å². The van der Waals surface area contributed by atoms with E-state index in [2.05, 4.69) is 17.1 Å². The Bertz CT molecular complexity index is 905. The van der Waals surface area contributed by atoms with E-state index in [-0.39, 0.29) is 17.9 Å². The fourth-order valence-corrected chi connectivity index (χ4v) is 5.70. The van der Waals surface area contributed by atoms with Crippen molar-refractivity contribution in [1.29, 1.82) is 0 Å². The lowest BCUT2D eigenvalue weighted by Crippen LogP contribution is -2.41. The van der Waals surface area contributed by atoms with Crippen molar-refractivity contribution in [2.45, 2.75) is 44.6 Å². The zero-order valence-corrected chi connectivity index (χ0v) is 16.5. The highest BCUT2D eigenvalue weighted by Crippen LogP contribution is 2.51. The predicted molar refractivity (Wildman–Crippen MR) is 110 cm³/mol. The molecule has 0 unspecified atom stereocenters. The number of hydrogen-bond acceptors (Lipinski definition) is 3. The van der Waals surface area contributed by atoms with Gasteiger partial charge in [-0.05, 0) is 60.4 Å². The van der Waals surface area contributed by atoms with Crippen molar-refractivity contribution >= 4 is 12.0 Å². The number of aromatic nitrogens is 1. The van der Waals surface area contributed by atoms with Gasteiger partial charge in [-0.25, -0.2) is 4.39 Å². The number of rotatable bonds is 3. The monoisotopic (exact) mass is 391 g/mol. The molecular formula is C25H26FNO2. The number of allylic oxidation sites excluding steroid dienone is 1. The molecule has 150 valence electrons. The Labute approximate surface area is 171 Å². The molecule has 4 heteroatoms. The molecule has 1 aromatic heterocycles. The highest BCUT2D eigenvalue weighted by molar-refractivity contribution is 5.72. The van der Waals surface area contributed by atoms with Crippen LogP contribution in [-0.2, 0) is 9.53 Å². The minimum Gasteiger partial charge on any atom is -0.462 e. The molecule has 0 amide bonds. The molecule has 5 atom stereocenters. The van der Waals surface area contributed by atoms with Crippen molar-refractivity contribution in [1.82, 2.24) is 4.98 Å². The Morgan fingerprint density at radius 1 is 1.00 bits per heavy atom. The fourth-order valence-electron chi connectivity index (χ4n) is 5.70. The number of halogens is 1. The first-order chi connectivity index (χ1) is 14.2. The van der Waals surface area contributed by atoms with Crippen LogP contribution in [0.4, 0.5) is 4.39 Å². The second-order valence-corrected chi connectivity index (χ2v) is 8.76. The lowest BCUT2D eigenvalue weighted by atomic mass is 9.60. The molecule has 3 aliphatic rings. The Balaban J connectivity index is 1.36. The number of nitrogens with zero attached hydrogens (tertiary/aromatic N) is 1. The summed E-state index contributed by atoms with van der Waals surface area (Å²) in [6.45, 7) is 0. The summed E-state index contributed by atoms with van der Waals surface area (Å²) in [5.74, 6) is 1.79. The third kappa shape index (κ3) is 3.73. The lowest BCUT2D eigenvalue weighted by molar-refractivity contribution is -0.143. The second kappa shape index (κ2) is 7.74. The predicted octanol–water partition coefficient (Wildman–Crippen LogP) is 5.66. The zero-order chi connectivity index (χ0) is 19.8. The minimum absolute atomic E-state index is 0.0289. The molecule has 0 radical (unpaired) electrons. The van der Waals surface area contributed by atoms with E-state index in [9.17, 15) is 9.18 Å². The molecule has 2 aliphatic carbocycles. The van der Waals surface area contributed by atoms with E-state index >= 15 is 0 Å². The molecule has 2 aromatic rings. The van der Waals surface area contributed by atoms with Gasteiger partial charge in [-0.1, -0.05) is 43.5 Å². The van der Waals surface area contributed by atoms with E-state index in [1.54, 1.807) is 12.1 Å². The Hall–Kier alpha value is -2.49. The first-order valence-corrected chi connectivity index (χ1v) is 10.8. The highest BCUT2D eigenvalue weighted by atomic mass is 19.1. The summed E-state index contributed by atoms with van der Waals surface area (Å²) < 4.78 is 18.8. The molecule has 0 spiro atoms. The third-order valence-electron chi connectivity index (χ3n) is 7.11. The third-order valence-corrected chi connectivity index (χ3v) is 7.11. The Morgan fingerprint density at radius 3 is 2.59 bits per heavy atom. The molecule has 3 fully saturated rings. The highest BCUT2D eigenvalue weighted by Gasteiger charge is 2.49. The number of fused-ring (bicyclic) bond motifs is 2. The van der Waals surface area contributed by atoms with Crippen molar-refractivity contribution in [3.8, 4) is 11.1 Å². The molecule has 2 saturated carbocycles. The van der Waals surface area contributed by atoms with Crippen molar-refractivity contribution in [2.24, 2.45) is 23.7 Å².